The molecule has 24 heavy (non-hydrogen) atoms. The van der Waals surface area contributed by atoms with Crippen molar-refractivity contribution in [2.45, 2.75) is 6.92 Å². The van der Waals surface area contributed by atoms with Crippen LogP contribution in [-0.4, -0.2) is 47.0 Å². The van der Waals surface area contributed by atoms with Gasteiger partial charge in [0.05, 0.1) is 10.6 Å². The normalized spacial score (nSPS) is 14.4. The molecule has 1 aliphatic rings. The van der Waals surface area contributed by atoms with Crippen molar-refractivity contribution in [2.24, 2.45) is 0 Å². The molecule has 0 saturated carbocycles. The minimum Gasteiger partial charge on any atom is -0.337 e. The molecule has 0 bridgehead atoms. The van der Waals surface area contributed by atoms with E-state index < -0.39 is 0 Å². The van der Waals surface area contributed by atoms with E-state index in [9.17, 15) is 4.79 Å². The molecule has 1 saturated heterocycles. The van der Waals surface area contributed by atoms with Crippen molar-refractivity contribution >= 4 is 23.5 Å². The summed E-state index contributed by atoms with van der Waals surface area (Å²) in [5.41, 5.74) is 1.63. The fraction of sp³-hybridized carbons (Fsp3) is 0.294. The van der Waals surface area contributed by atoms with E-state index in [1.54, 1.807) is 35.2 Å². The topological polar surface area (TPSA) is 73.1 Å². The third-order valence-corrected chi connectivity index (χ3v) is 4.24. The quantitative estimate of drug-likeness (QED) is 0.837. The summed E-state index contributed by atoms with van der Waals surface area (Å²) in [5.74, 6) is 0.472. The molecule has 7 heteroatoms. The molecule has 1 aromatic carbocycles. The standard InChI is InChI=1S/C17H16ClN5O/c1-12-10-13(11-19)21-17(20-12)23-8-6-22(7-9-23)16(24)14-4-2-3-5-15(14)18/h2-5,10H,6-9H2,1H3. The van der Waals surface area contributed by atoms with E-state index >= 15 is 0 Å². The predicted molar refractivity (Wildman–Crippen MR) is 91.1 cm³/mol. The number of piperazine rings is 1. The molecular formula is C17H16ClN5O. The van der Waals surface area contributed by atoms with E-state index in [4.69, 9.17) is 16.9 Å². The molecule has 0 atom stereocenters. The van der Waals surface area contributed by atoms with Gasteiger partial charge in [-0.3, -0.25) is 4.79 Å². The summed E-state index contributed by atoms with van der Waals surface area (Å²) in [6.45, 7) is 4.19. The second-order valence-corrected chi connectivity index (χ2v) is 5.97. The number of amides is 1. The van der Waals surface area contributed by atoms with Gasteiger partial charge in [0.2, 0.25) is 5.95 Å². The van der Waals surface area contributed by atoms with Gasteiger partial charge in [-0.2, -0.15) is 5.26 Å². The van der Waals surface area contributed by atoms with E-state index in [0.717, 1.165) is 5.69 Å². The van der Waals surface area contributed by atoms with Crippen molar-refractivity contribution in [3.05, 3.63) is 52.3 Å². The molecule has 0 unspecified atom stereocenters. The molecule has 2 aromatic rings. The first-order valence-corrected chi connectivity index (χ1v) is 8.01. The molecule has 0 N–H and O–H groups in total. The number of halogens is 1. The monoisotopic (exact) mass is 341 g/mol. The Bertz CT molecular complexity index is 809. The molecule has 6 nitrogen and oxygen atoms in total. The average Bonchev–Trinajstić information content (AvgIpc) is 2.61. The average molecular weight is 342 g/mol. The molecular weight excluding hydrogens is 326 g/mol. The Kier molecular flexibility index (Phi) is 4.63. The molecule has 1 fully saturated rings. The maximum atomic E-state index is 12.6. The minimum atomic E-state index is -0.0666. The van der Waals surface area contributed by atoms with Crippen LogP contribution in [0.15, 0.2) is 30.3 Å². The summed E-state index contributed by atoms with van der Waals surface area (Å²) < 4.78 is 0. The highest BCUT2D eigenvalue weighted by molar-refractivity contribution is 6.33. The van der Waals surface area contributed by atoms with Crippen LogP contribution in [0.25, 0.3) is 0 Å². The largest absolute Gasteiger partial charge is 0.337 e. The van der Waals surface area contributed by atoms with Crippen molar-refractivity contribution in [3.8, 4) is 6.07 Å². The SMILES string of the molecule is Cc1cc(C#N)nc(N2CCN(C(=O)c3ccccc3Cl)CC2)n1. The first-order chi connectivity index (χ1) is 11.6. The van der Waals surface area contributed by atoms with Gasteiger partial charge in [-0.15, -0.1) is 0 Å². The molecule has 122 valence electrons. The third-order valence-electron chi connectivity index (χ3n) is 3.91. The first kappa shape index (κ1) is 16.2. The number of nitriles is 1. The van der Waals surface area contributed by atoms with E-state index in [1.165, 1.54) is 0 Å². The van der Waals surface area contributed by atoms with Crippen molar-refractivity contribution in [1.82, 2.24) is 14.9 Å². The molecule has 3 rings (SSSR count). The second kappa shape index (κ2) is 6.85. The highest BCUT2D eigenvalue weighted by atomic mass is 35.5. The molecule has 1 aromatic heterocycles. The summed E-state index contributed by atoms with van der Waals surface area (Å²) in [5, 5.41) is 9.49. The van der Waals surface area contributed by atoms with Gasteiger partial charge < -0.3 is 9.80 Å². The van der Waals surface area contributed by atoms with Gasteiger partial charge in [0.15, 0.2) is 0 Å². The van der Waals surface area contributed by atoms with Crippen LogP contribution in [0.4, 0.5) is 5.95 Å². The van der Waals surface area contributed by atoms with Crippen LogP contribution in [0, 0.1) is 18.3 Å². The van der Waals surface area contributed by atoms with E-state index in [0.29, 0.717) is 48.4 Å². The number of hydrogen-bond acceptors (Lipinski definition) is 5. The number of benzene rings is 1. The Labute approximate surface area is 145 Å². The number of rotatable bonds is 2. The lowest BCUT2D eigenvalue weighted by molar-refractivity contribution is 0.0746. The highest BCUT2D eigenvalue weighted by Gasteiger charge is 2.24. The van der Waals surface area contributed by atoms with Gasteiger partial charge in [0, 0.05) is 31.9 Å². The van der Waals surface area contributed by atoms with Gasteiger partial charge in [0.25, 0.3) is 5.91 Å². The van der Waals surface area contributed by atoms with Crippen molar-refractivity contribution in [2.75, 3.05) is 31.1 Å². The lowest BCUT2D eigenvalue weighted by atomic mass is 10.2. The third kappa shape index (κ3) is 3.31. The lowest BCUT2D eigenvalue weighted by Gasteiger charge is -2.35. The summed E-state index contributed by atoms with van der Waals surface area (Å²) in [4.78, 5) is 25.0. The Balaban J connectivity index is 1.70. The van der Waals surface area contributed by atoms with Crippen LogP contribution < -0.4 is 4.90 Å². The fourth-order valence-corrected chi connectivity index (χ4v) is 2.88. The number of carbonyl (C=O) groups excluding carboxylic acids is 1. The number of nitrogens with zero attached hydrogens (tertiary/aromatic N) is 5. The Morgan fingerprint density at radius 3 is 2.58 bits per heavy atom. The van der Waals surface area contributed by atoms with Crippen molar-refractivity contribution in [3.63, 3.8) is 0 Å². The van der Waals surface area contributed by atoms with Crippen LogP contribution in [0.1, 0.15) is 21.7 Å². The maximum absolute atomic E-state index is 12.6. The summed E-state index contributed by atoms with van der Waals surface area (Å²) in [6.07, 6.45) is 0. The second-order valence-electron chi connectivity index (χ2n) is 5.57. The number of aryl methyl sites for hydroxylation is 1. The zero-order chi connectivity index (χ0) is 17.1. The number of hydrogen-bond donors (Lipinski definition) is 0. The zero-order valence-corrected chi connectivity index (χ0v) is 14.0. The predicted octanol–water partition coefficient (Wildman–Crippen LogP) is 2.27. The highest BCUT2D eigenvalue weighted by Crippen LogP contribution is 2.19. The van der Waals surface area contributed by atoms with Gasteiger partial charge in [-0.05, 0) is 25.1 Å². The number of aromatic nitrogens is 2. The van der Waals surface area contributed by atoms with Gasteiger partial charge >= 0.3 is 0 Å². The molecule has 0 aliphatic carbocycles. The van der Waals surface area contributed by atoms with Gasteiger partial charge in [-0.1, -0.05) is 23.7 Å². The minimum absolute atomic E-state index is 0.0666. The van der Waals surface area contributed by atoms with Crippen LogP contribution in [0.3, 0.4) is 0 Å². The smallest absolute Gasteiger partial charge is 0.255 e. The van der Waals surface area contributed by atoms with Gasteiger partial charge in [-0.25, -0.2) is 9.97 Å². The van der Waals surface area contributed by atoms with Crippen LogP contribution in [0.5, 0.6) is 0 Å². The summed E-state index contributed by atoms with van der Waals surface area (Å²) in [6, 6.07) is 10.8. The Morgan fingerprint density at radius 2 is 1.92 bits per heavy atom. The Morgan fingerprint density at radius 1 is 1.21 bits per heavy atom. The molecule has 1 amide bonds. The maximum Gasteiger partial charge on any atom is 0.255 e. The van der Waals surface area contributed by atoms with Crippen molar-refractivity contribution in [1.29, 1.82) is 5.26 Å². The zero-order valence-electron chi connectivity index (χ0n) is 13.2. The Hall–Kier alpha value is -2.65. The van der Waals surface area contributed by atoms with E-state index in [1.807, 2.05) is 17.9 Å². The number of carbonyl (C=O) groups is 1. The molecule has 0 spiro atoms. The number of anilines is 1. The fourth-order valence-electron chi connectivity index (χ4n) is 2.67. The van der Waals surface area contributed by atoms with Gasteiger partial charge in [0.1, 0.15) is 11.8 Å². The van der Waals surface area contributed by atoms with E-state index in [-0.39, 0.29) is 5.91 Å². The van der Waals surface area contributed by atoms with Crippen molar-refractivity contribution < 1.29 is 4.79 Å². The van der Waals surface area contributed by atoms with E-state index in [2.05, 4.69) is 9.97 Å². The molecule has 2 heterocycles. The lowest BCUT2D eigenvalue weighted by Crippen LogP contribution is -2.49. The first-order valence-electron chi connectivity index (χ1n) is 7.63. The molecule has 1 aliphatic heterocycles. The van der Waals surface area contributed by atoms with Crippen LogP contribution >= 0.6 is 11.6 Å². The van der Waals surface area contributed by atoms with Crippen LogP contribution in [0.2, 0.25) is 5.02 Å². The molecule has 0 radical (unpaired) electrons. The summed E-state index contributed by atoms with van der Waals surface area (Å²) in [7, 11) is 0. The summed E-state index contributed by atoms with van der Waals surface area (Å²) >= 11 is 6.11. The van der Waals surface area contributed by atoms with Crippen LogP contribution in [-0.2, 0) is 0 Å².